The van der Waals surface area contributed by atoms with Crippen molar-refractivity contribution in [2.75, 3.05) is 7.11 Å². The summed E-state index contributed by atoms with van der Waals surface area (Å²) in [4.78, 5) is 14.7. The Hall–Kier alpha value is -3.13. The molecule has 0 saturated carbocycles. The number of hydrogen-bond acceptors (Lipinski definition) is 7. The van der Waals surface area contributed by atoms with Crippen LogP contribution in [0.2, 0.25) is 5.02 Å². The van der Waals surface area contributed by atoms with Crippen molar-refractivity contribution >= 4 is 17.3 Å². The topological polar surface area (TPSA) is 101 Å². The minimum Gasteiger partial charge on any atom is -0.497 e. The Labute approximate surface area is 147 Å². The van der Waals surface area contributed by atoms with Gasteiger partial charge in [0.1, 0.15) is 5.75 Å². The minimum atomic E-state index is -0.551. The number of hydrogen-bond donors (Lipinski definition) is 0. The molecule has 8 nitrogen and oxygen atoms in total. The van der Waals surface area contributed by atoms with Crippen LogP contribution in [0.1, 0.15) is 5.82 Å². The molecule has 0 aliphatic heterocycles. The Morgan fingerprint density at radius 2 is 2.00 bits per heavy atom. The normalized spacial score (nSPS) is 10.5. The maximum Gasteiger partial charge on any atom is 0.311 e. The molecular formula is C16H12ClN3O5. The number of halogens is 1. The molecule has 0 fully saturated rings. The number of nitro groups is 1. The van der Waals surface area contributed by atoms with Crippen molar-refractivity contribution < 1.29 is 18.9 Å². The van der Waals surface area contributed by atoms with Gasteiger partial charge in [-0.1, -0.05) is 16.8 Å². The van der Waals surface area contributed by atoms with E-state index in [0.717, 1.165) is 0 Å². The first-order valence-corrected chi connectivity index (χ1v) is 7.48. The lowest BCUT2D eigenvalue weighted by Crippen LogP contribution is -2.00. The van der Waals surface area contributed by atoms with Crippen LogP contribution in [0.15, 0.2) is 47.0 Å². The Balaban J connectivity index is 1.74. The SMILES string of the molecule is COc1ccc(-c2nc(COc3cc(Cl)ccc3[N+](=O)[O-])no2)cc1. The van der Waals surface area contributed by atoms with Gasteiger partial charge in [-0.2, -0.15) is 4.98 Å². The number of aromatic nitrogens is 2. The first-order valence-electron chi connectivity index (χ1n) is 7.10. The molecular weight excluding hydrogens is 350 g/mol. The van der Waals surface area contributed by atoms with Gasteiger partial charge in [-0.25, -0.2) is 0 Å². The summed E-state index contributed by atoms with van der Waals surface area (Å²) in [6.07, 6.45) is 0. The lowest BCUT2D eigenvalue weighted by Gasteiger charge is -2.04. The molecule has 0 unspecified atom stereocenters. The number of ether oxygens (including phenoxy) is 2. The summed E-state index contributed by atoms with van der Waals surface area (Å²) >= 11 is 5.85. The first-order chi connectivity index (χ1) is 12.1. The van der Waals surface area contributed by atoms with Crippen LogP contribution in [0.5, 0.6) is 11.5 Å². The van der Waals surface area contributed by atoms with Crippen LogP contribution in [0.25, 0.3) is 11.5 Å². The summed E-state index contributed by atoms with van der Waals surface area (Å²) in [7, 11) is 1.58. The zero-order valence-electron chi connectivity index (χ0n) is 13.0. The molecule has 3 rings (SSSR count). The highest BCUT2D eigenvalue weighted by molar-refractivity contribution is 6.30. The average molecular weight is 362 g/mol. The van der Waals surface area contributed by atoms with Gasteiger partial charge in [0.2, 0.25) is 5.82 Å². The van der Waals surface area contributed by atoms with Gasteiger partial charge in [0.25, 0.3) is 5.89 Å². The standard InChI is InChI=1S/C16H12ClN3O5/c1-23-12-5-2-10(3-6-12)16-18-15(19-25-16)9-24-14-8-11(17)4-7-13(14)20(21)22/h2-8H,9H2,1H3. The van der Waals surface area contributed by atoms with Gasteiger partial charge in [-0.05, 0) is 30.3 Å². The molecule has 0 amide bonds. The van der Waals surface area contributed by atoms with E-state index in [1.165, 1.54) is 18.2 Å². The summed E-state index contributed by atoms with van der Waals surface area (Å²) in [5, 5.41) is 15.1. The molecule has 2 aromatic carbocycles. The smallest absolute Gasteiger partial charge is 0.311 e. The van der Waals surface area contributed by atoms with Crippen LogP contribution in [0.3, 0.4) is 0 Å². The molecule has 3 aromatic rings. The van der Waals surface area contributed by atoms with E-state index in [2.05, 4.69) is 10.1 Å². The molecule has 0 bridgehead atoms. The van der Waals surface area contributed by atoms with Gasteiger partial charge >= 0.3 is 5.69 Å². The van der Waals surface area contributed by atoms with E-state index in [0.29, 0.717) is 22.2 Å². The van der Waals surface area contributed by atoms with E-state index in [1.807, 2.05) is 0 Å². The number of rotatable bonds is 6. The van der Waals surface area contributed by atoms with E-state index in [9.17, 15) is 10.1 Å². The molecule has 1 aromatic heterocycles. The molecule has 9 heteroatoms. The van der Waals surface area contributed by atoms with Crippen LogP contribution in [-0.4, -0.2) is 22.2 Å². The third-order valence-electron chi connectivity index (χ3n) is 3.28. The van der Waals surface area contributed by atoms with E-state index >= 15 is 0 Å². The number of nitro benzene ring substituents is 1. The molecule has 0 aliphatic carbocycles. The molecule has 0 saturated heterocycles. The number of methoxy groups -OCH3 is 1. The summed E-state index contributed by atoms with van der Waals surface area (Å²) in [5.41, 5.74) is 0.525. The van der Waals surface area contributed by atoms with Gasteiger partial charge in [0.05, 0.1) is 12.0 Å². The quantitative estimate of drug-likeness (QED) is 0.485. The Morgan fingerprint density at radius 3 is 2.68 bits per heavy atom. The zero-order valence-corrected chi connectivity index (χ0v) is 13.8. The monoisotopic (exact) mass is 361 g/mol. The first kappa shape index (κ1) is 16.7. The maximum absolute atomic E-state index is 11.0. The van der Waals surface area contributed by atoms with Crippen molar-refractivity contribution in [2.24, 2.45) is 0 Å². The van der Waals surface area contributed by atoms with Crippen molar-refractivity contribution in [1.29, 1.82) is 0 Å². The molecule has 0 aliphatic rings. The molecule has 25 heavy (non-hydrogen) atoms. The second-order valence-corrected chi connectivity index (χ2v) is 5.34. The van der Waals surface area contributed by atoms with Gasteiger partial charge < -0.3 is 14.0 Å². The third kappa shape index (κ3) is 3.86. The van der Waals surface area contributed by atoms with Crippen molar-refractivity contribution in [3.05, 3.63) is 63.4 Å². The highest BCUT2D eigenvalue weighted by Gasteiger charge is 2.17. The van der Waals surface area contributed by atoms with Crippen LogP contribution in [0.4, 0.5) is 5.69 Å². The lowest BCUT2D eigenvalue weighted by molar-refractivity contribution is -0.385. The second kappa shape index (κ2) is 7.18. The molecule has 0 spiro atoms. The zero-order chi connectivity index (χ0) is 17.8. The fraction of sp³-hybridized carbons (Fsp3) is 0.125. The summed E-state index contributed by atoms with van der Waals surface area (Å²) in [6.45, 7) is -0.0964. The molecule has 0 atom stereocenters. The Morgan fingerprint density at radius 1 is 1.24 bits per heavy atom. The Bertz CT molecular complexity index is 895. The fourth-order valence-corrected chi connectivity index (χ4v) is 2.22. The van der Waals surface area contributed by atoms with Gasteiger partial charge in [-0.15, -0.1) is 0 Å². The van der Waals surface area contributed by atoms with Crippen LogP contribution in [0, 0.1) is 10.1 Å². The molecule has 1 heterocycles. The van der Waals surface area contributed by atoms with Gasteiger partial charge in [0, 0.05) is 22.7 Å². The van der Waals surface area contributed by atoms with Crippen molar-refractivity contribution in [3.8, 4) is 23.0 Å². The maximum atomic E-state index is 11.0. The van der Waals surface area contributed by atoms with Crippen LogP contribution < -0.4 is 9.47 Å². The highest BCUT2D eigenvalue weighted by atomic mass is 35.5. The van der Waals surface area contributed by atoms with E-state index < -0.39 is 4.92 Å². The highest BCUT2D eigenvalue weighted by Crippen LogP contribution is 2.30. The lowest BCUT2D eigenvalue weighted by atomic mass is 10.2. The predicted molar refractivity (Wildman–Crippen MR) is 88.7 cm³/mol. The predicted octanol–water partition coefficient (Wildman–Crippen LogP) is 3.89. The van der Waals surface area contributed by atoms with E-state index in [1.54, 1.807) is 31.4 Å². The number of benzene rings is 2. The molecule has 0 radical (unpaired) electrons. The van der Waals surface area contributed by atoms with Crippen molar-refractivity contribution in [3.63, 3.8) is 0 Å². The molecule has 128 valence electrons. The third-order valence-corrected chi connectivity index (χ3v) is 3.52. The fourth-order valence-electron chi connectivity index (χ4n) is 2.06. The second-order valence-electron chi connectivity index (χ2n) is 4.90. The molecule has 0 N–H and O–H groups in total. The summed E-state index contributed by atoms with van der Waals surface area (Å²) in [5.74, 6) is 1.30. The van der Waals surface area contributed by atoms with E-state index in [4.69, 9.17) is 25.6 Å². The van der Waals surface area contributed by atoms with Gasteiger partial charge in [0.15, 0.2) is 12.4 Å². The van der Waals surface area contributed by atoms with Crippen LogP contribution in [-0.2, 0) is 6.61 Å². The van der Waals surface area contributed by atoms with Crippen LogP contribution >= 0.6 is 11.6 Å². The summed E-state index contributed by atoms with van der Waals surface area (Å²) < 4.78 is 15.7. The van der Waals surface area contributed by atoms with Crippen molar-refractivity contribution in [2.45, 2.75) is 6.61 Å². The number of nitrogens with zero attached hydrogens (tertiary/aromatic N) is 3. The van der Waals surface area contributed by atoms with Gasteiger partial charge in [-0.3, -0.25) is 10.1 Å². The Kier molecular flexibility index (Phi) is 4.80. The van der Waals surface area contributed by atoms with Crippen molar-refractivity contribution in [1.82, 2.24) is 10.1 Å². The minimum absolute atomic E-state index is 0.0355. The summed E-state index contributed by atoms with van der Waals surface area (Å²) in [6, 6.07) is 11.1. The average Bonchev–Trinajstić information content (AvgIpc) is 3.09. The van der Waals surface area contributed by atoms with E-state index in [-0.39, 0.29) is 23.9 Å². The largest absolute Gasteiger partial charge is 0.497 e.